The normalized spacial score (nSPS) is 12.2. The number of halogens is 1. The van der Waals surface area contributed by atoms with Crippen LogP contribution in [-0.4, -0.2) is 12.6 Å². The maximum atomic E-state index is 11.5. The summed E-state index contributed by atoms with van der Waals surface area (Å²) < 4.78 is 6.07. The van der Waals surface area contributed by atoms with E-state index in [1.165, 1.54) is 0 Å². The van der Waals surface area contributed by atoms with Gasteiger partial charge >= 0.3 is 5.97 Å². The van der Waals surface area contributed by atoms with Crippen molar-refractivity contribution in [3.8, 4) is 0 Å². The molecular weight excluding hydrogens is 291 g/mol. The third-order valence-corrected chi connectivity index (χ3v) is 2.99. The molecule has 0 N–H and O–H groups in total. The minimum absolute atomic E-state index is 0.156. The zero-order chi connectivity index (χ0) is 10.6. The van der Waals surface area contributed by atoms with Crippen LogP contribution < -0.4 is 0 Å². The summed E-state index contributed by atoms with van der Waals surface area (Å²) in [6.07, 6.45) is 0. The van der Waals surface area contributed by atoms with Crippen LogP contribution in [-0.2, 0) is 9.53 Å². The van der Waals surface area contributed by atoms with E-state index in [2.05, 4.69) is 22.6 Å². The first-order valence-corrected chi connectivity index (χ1v) is 5.65. The van der Waals surface area contributed by atoms with Crippen molar-refractivity contribution in [2.24, 2.45) is 0 Å². The quantitative estimate of drug-likeness (QED) is 0.634. The minimum Gasteiger partial charge on any atom is -0.466 e. The summed E-state index contributed by atoms with van der Waals surface area (Å²) in [5.41, 5.74) is 1.03. The fourth-order valence-electron chi connectivity index (χ4n) is 1.22. The van der Waals surface area contributed by atoms with E-state index in [-0.39, 0.29) is 11.9 Å². The number of rotatable bonds is 3. The first kappa shape index (κ1) is 11.5. The Kier molecular flexibility index (Phi) is 4.38. The SMILES string of the molecule is CCOC(=O)[C@@H](C)c1ccccc1I. The van der Waals surface area contributed by atoms with Crippen molar-refractivity contribution in [2.45, 2.75) is 19.8 Å². The summed E-state index contributed by atoms with van der Waals surface area (Å²) >= 11 is 2.23. The molecule has 1 atom stereocenters. The summed E-state index contributed by atoms with van der Waals surface area (Å²) in [5, 5.41) is 0. The van der Waals surface area contributed by atoms with E-state index in [1.54, 1.807) is 0 Å². The lowest BCUT2D eigenvalue weighted by molar-refractivity contribution is -0.144. The van der Waals surface area contributed by atoms with Crippen molar-refractivity contribution < 1.29 is 9.53 Å². The Morgan fingerprint density at radius 3 is 2.71 bits per heavy atom. The number of carbonyl (C=O) groups excluding carboxylic acids is 1. The molecule has 0 unspecified atom stereocenters. The van der Waals surface area contributed by atoms with Gasteiger partial charge in [-0.05, 0) is 48.1 Å². The lowest BCUT2D eigenvalue weighted by Crippen LogP contribution is -2.13. The first-order valence-electron chi connectivity index (χ1n) is 4.58. The average molecular weight is 304 g/mol. The molecule has 0 aliphatic heterocycles. The molecule has 0 spiro atoms. The molecule has 1 aromatic carbocycles. The summed E-state index contributed by atoms with van der Waals surface area (Å²) in [4.78, 5) is 11.5. The highest BCUT2D eigenvalue weighted by molar-refractivity contribution is 14.1. The highest BCUT2D eigenvalue weighted by Crippen LogP contribution is 2.22. The van der Waals surface area contributed by atoms with Gasteiger partial charge in [0.15, 0.2) is 0 Å². The minimum atomic E-state index is -0.178. The monoisotopic (exact) mass is 304 g/mol. The predicted molar refractivity (Wildman–Crippen MR) is 64.2 cm³/mol. The Morgan fingerprint density at radius 1 is 1.50 bits per heavy atom. The van der Waals surface area contributed by atoms with Gasteiger partial charge in [-0.2, -0.15) is 0 Å². The third kappa shape index (κ3) is 2.70. The van der Waals surface area contributed by atoms with Gasteiger partial charge in [0.1, 0.15) is 0 Å². The third-order valence-electron chi connectivity index (χ3n) is 2.01. The van der Waals surface area contributed by atoms with Crippen LogP contribution in [0, 0.1) is 3.57 Å². The molecule has 0 amide bonds. The molecule has 0 aromatic heterocycles. The molecule has 1 aromatic rings. The molecule has 0 fully saturated rings. The first-order chi connectivity index (χ1) is 6.66. The topological polar surface area (TPSA) is 26.3 Å². The fourth-order valence-corrected chi connectivity index (χ4v) is 2.08. The lowest BCUT2D eigenvalue weighted by Gasteiger charge is -2.12. The zero-order valence-electron chi connectivity index (χ0n) is 8.29. The highest BCUT2D eigenvalue weighted by atomic mass is 127. The molecule has 76 valence electrons. The molecule has 0 aliphatic rings. The second kappa shape index (κ2) is 5.34. The van der Waals surface area contributed by atoms with E-state index >= 15 is 0 Å². The van der Waals surface area contributed by atoms with E-state index in [4.69, 9.17) is 4.74 Å². The smallest absolute Gasteiger partial charge is 0.313 e. The average Bonchev–Trinajstić information content (AvgIpc) is 2.18. The van der Waals surface area contributed by atoms with Crippen molar-refractivity contribution in [2.75, 3.05) is 6.61 Å². The summed E-state index contributed by atoms with van der Waals surface area (Å²) in [5.74, 6) is -0.334. The van der Waals surface area contributed by atoms with Crippen molar-refractivity contribution in [3.63, 3.8) is 0 Å². The van der Waals surface area contributed by atoms with Gasteiger partial charge in [-0.3, -0.25) is 4.79 Å². The number of benzene rings is 1. The largest absolute Gasteiger partial charge is 0.466 e. The highest BCUT2D eigenvalue weighted by Gasteiger charge is 2.17. The van der Waals surface area contributed by atoms with E-state index in [1.807, 2.05) is 38.1 Å². The Labute approximate surface area is 97.8 Å². The summed E-state index contributed by atoms with van der Waals surface area (Å²) in [6.45, 7) is 4.13. The van der Waals surface area contributed by atoms with E-state index in [9.17, 15) is 4.79 Å². The van der Waals surface area contributed by atoms with E-state index < -0.39 is 0 Å². The van der Waals surface area contributed by atoms with Gasteiger partial charge in [-0.1, -0.05) is 18.2 Å². The van der Waals surface area contributed by atoms with Crippen molar-refractivity contribution in [1.82, 2.24) is 0 Å². The molecule has 0 saturated heterocycles. The number of carbonyl (C=O) groups is 1. The van der Waals surface area contributed by atoms with Crippen LogP contribution in [0.1, 0.15) is 25.3 Å². The Morgan fingerprint density at radius 2 is 2.14 bits per heavy atom. The maximum absolute atomic E-state index is 11.5. The van der Waals surface area contributed by atoms with Crippen LogP contribution in [0.2, 0.25) is 0 Å². The number of hydrogen-bond acceptors (Lipinski definition) is 2. The van der Waals surface area contributed by atoms with Gasteiger partial charge < -0.3 is 4.74 Å². The standard InChI is InChI=1S/C11H13IO2/c1-3-14-11(13)8(2)9-6-4-5-7-10(9)12/h4-8H,3H2,1-2H3/t8-/m0/s1. The molecule has 14 heavy (non-hydrogen) atoms. The summed E-state index contributed by atoms with van der Waals surface area (Å²) in [7, 11) is 0. The number of ether oxygens (including phenoxy) is 1. The number of hydrogen-bond donors (Lipinski definition) is 0. The molecule has 0 heterocycles. The zero-order valence-corrected chi connectivity index (χ0v) is 10.4. The van der Waals surface area contributed by atoms with Crippen molar-refractivity contribution in [1.29, 1.82) is 0 Å². The van der Waals surface area contributed by atoms with Gasteiger partial charge in [-0.25, -0.2) is 0 Å². The van der Waals surface area contributed by atoms with E-state index in [0.717, 1.165) is 9.13 Å². The van der Waals surface area contributed by atoms with Crippen LogP contribution in [0.5, 0.6) is 0 Å². The molecule has 0 bridgehead atoms. The Balaban J connectivity index is 2.84. The van der Waals surface area contributed by atoms with Gasteiger partial charge in [0.05, 0.1) is 12.5 Å². The molecular formula is C11H13IO2. The predicted octanol–water partition coefficient (Wildman–Crippen LogP) is 2.96. The second-order valence-corrected chi connectivity index (χ2v) is 4.16. The lowest BCUT2D eigenvalue weighted by atomic mass is 10.0. The van der Waals surface area contributed by atoms with Gasteiger partial charge in [0, 0.05) is 3.57 Å². The molecule has 0 saturated carbocycles. The number of esters is 1. The van der Waals surface area contributed by atoms with Gasteiger partial charge in [-0.15, -0.1) is 0 Å². The summed E-state index contributed by atoms with van der Waals surface area (Å²) in [6, 6.07) is 7.85. The Hall–Kier alpha value is -0.580. The fraction of sp³-hybridized carbons (Fsp3) is 0.364. The van der Waals surface area contributed by atoms with Crippen molar-refractivity contribution >= 4 is 28.6 Å². The second-order valence-electron chi connectivity index (χ2n) is 3.00. The van der Waals surface area contributed by atoms with Crippen LogP contribution in [0.25, 0.3) is 0 Å². The molecule has 2 nitrogen and oxygen atoms in total. The van der Waals surface area contributed by atoms with E-state index in [0.29, 0.717) is 6.61 Å². The van der Waals surface area contributed by atoms with Crippen LogP contribution in [0.15, 0.2) is 24.3 Å². The molecule has 0 aliphatic carbocycles. The molecule has 1 rings (SSSR count). The Bertz CT molecular complexity index is 323. The van der Waals surface area contributed by atoms with Crippen molar-refractivity contribution in [3.05, 3.63) is 33.4 Å². The van der Waals surface area contributed by atoms with Gasteiger partial charge in [0.2, 0.25) is 0 Å². The van der Waals surface area contributed by atoms with Crippen LogP contribution >= 0.6 is 22.6 Å². The van der Waals surface area contributed by atoms with Crippen LogP contribution in [0.4, 0.5) is 0 Å². The molecule has 3 heteroatoms. The van der Waals surface area contributed by atoms with Gasteiger partial charge in [0.25, 0.3) is 0 Å². The van der Waals surface area contributed by atoms with Crippen LogP contribution in [0.3, 0.4) is 0 Å². The maximum Gasteiger partial charge on any atom is 0.313 e. The molecule has 0 radical (unpaired) electrons.